The van der Waals surface area contributed by atoms with E-state index >= 15 is 0 Å². The van der Waals surface area contributed by atoms with Gasteiger partial charge in [0.15, 0.2) is 5.82 Å². The van der Waals surface area contributed by atoms with Gasteiger partial charge in [0.25, 0.3) is 0 Å². The molecule has 0 N–H and O–H groups in total. The summed E-state index contributed by atoms with van der Waals surface area (Å²) in [6, 6.07) is 3.27. The fourth-order valence-corrected chi connectivity index (χ4v) is 1.34. The maximum atomic E-state index is 5.71. The molecule has 2 rings (SSSR count). The van der Waals surface area contributed by atoms with Crippen LogP contribution in [-0.4, -0.2) is 19.9 Å². The molecule has 0 aromatic carbocycles. The molecule has 0 bridgehead atoms. The van der Waals surface area contributed by atoms with E-state index in [0.717, 1.165) is 0 Å². The third-order valence-corrected chi connectivity index (χ3v) is 1.83. The summed E-state index contributed by atoms with van der Waals surface area (Å²) in [6.45, 7) is 0. The van der Waals surface area contributed by atoms with E-state index in [-0.39, 0.29) is 10.4 Å². The smallest absolute Gasteiger partial charge is 0.224 e. The standard InChI is InChI=1S/C8H4Cl2N4/c9-6-4-5(13-8(10)14-6)7-11-2-1-3-12-7/h1-4H. The van der Waals surface area contributed by atoms with Gasteiger partial charge in [0, 0.05) is 18.5 Å². The molecule has 0 saturated heterocycles. The van der Waals surface area contributed by atoms with Crippen LogP contribution in [0.1, 0.15) is 0 Å². The minimum Gasteiger partial charge on any atom is -0.235 e. The van der Waals surface area contributed by atoms with Gasteiger partial charge in [-0.25, -0.2) is 19.9 Å². The number of nitrogens with zero attached hydrogens (tertiary/aromatic N) is 4. The van der Waals surface area contributed by atoms with Crippen molar-refractivity contribution in [1.29, 1.82) is 0 Å². The lowest BCUT2D eigenvalue weighted by Crippen LogP contribution is -1.92. The first-order valence-electron chi connectivity index (χ1n) is 3.73. The summed E-state index contributed by atoms with van der Waals surface area (Å²) in [7, 11) is 0. The van der Waals surface area contributed by atoms with Gasteiger partial charge in [0.1, 0.15) is 10.8 Å². The van der Waals surface area contributed by atoms with E-state index in [4.69, 9.17) is 23.2 Å². The van der Waals surface area contributed by atoms with Crippen LogP contribution >= 0.6 is 23.2 Å². The summed E-state index contributed by atoms with van der Waals surface area (Å²) in [4.78, 5) is 15.7. The average molecular weight is 227 g/mol. The second kappa shape index (κ2) is 3.86. The molecule has 4 nitrogen and oxygen atoms in total. The van der Waals surface area contributed by atoms with Gasteiger partial charge in [-0.05, 0) is 17.7 Å². The summed E-state index contributed by atoms with van der Waals surface area (Å²) < 4.78 is 0. The summed E-state index contributed by atoms with van der Waals surface area (Å²) in [5, 5.41) is 0.354. The molecule has 0 fully saturated rings. The minimum atomic E-state index is 0.0833. The van der Waals surface area contributed by atoms with Crippen LogP contribution in [0.2, 0.25) is 10.4 Å². The highest BCUT2D eigenvalue weighted by Crippen LogP contribution is 2.17. The number of hydrogen-bond acceptors (Lipinski definition) is 4. The van der Waals surface area contributed by atoms with Crippen molar-refractivity contribution in [3.8, 4) is 11.5 Å². The van der Waals surface area contributed by atoms with E-state index in [2.05, 4.69) is 19.9 Å². The van der Waals surface area contributed by atoms with E-state index < -0.39 is 0 Å². The summed E-state index contributed by atoms with van der Waals surface area (Å²) in [5.74, 6) is 0.471. The molecule has 70 valence electrons. The quantitative estimate of drug-likeness (QED) is 0.553. The molecule has 0 aliphatic carbocycles. The predicted octanol–water partition coefficient (Wildman–Crippen LogP) is 2.24. The highest BCUT2D eigenvalue weighted by molar-refractivity contribution is 6.32. The third-order valence-electron chi connectivity index (χ3n) is 1.46. The summed E-state index contributed by atoms with van der Waals surface area (Å²) in [5.41, 5.74) is 0.510. The fraction of sp³-hybridized carbons (Fsp3) is 0. The molecule has 0 unspecified atom stereocenters. The van der Waals surface area contributed by atoms with Gasteiger partial charge in [0.05, 0.1) is 0 Å². The first kappa shape index (κ1) is 9.30. The Morgan fingerprint density at radius 3 is 2.36 bits per heavy atom. The second-order valence-electron chi connectivity index (χ2n) is 2.42. The van der Waals surface area contributed by atoms with Gasteiger partial charge in [-0.3, -0.25) is 0 Å². The molecule has 6 heteroatoms. The first-order chi connectivity index (χ1) is 6.75. The molecular weight excluding hydrogens is 223 g/mol. The molecule has 0 saturated carbocycles. The lowest BCUT2D eigenvalue weighted by Gasteiger charge is -1.98. The van der Waals surface area contributed by atoms with E-state index in [1.54, 1.807) is 24.5 Å². The van der Waals surface area contributed by atoms with Crippen LogP contribution in [0.4, 0.5) is 0 Å². The lowest BCUT2D eigenvalue weighted by molar-refractivity contribution is 1.10. The predicted molar refractivity (Wildman–Crippen MR) is 53.1 cm³/mol. The van der Waals surface area contributed by atoms with Crippen molar-refractivity contribution in [3.63, 3.8) is 0 Å². The molecule has 2 aromatic heterocycles. The Balaban J connectivity index is 2.52. The maximum absolute atomic E-state index is 5.71. The highest BCUT2D eigenvalue weighted by atomic mass is 35.5. The molecule has 0 amide bonds. The van der Waals surface area contributed by atoms with Crippen LogP contribution in [0, 0.1) is 0 Å². The minimum absolute atomic E-state index is 0.0833. The normalized spacial score (nSPS) is 10.1. The zero-order chi connectivity index (χ0) is 9.97. The Kier molecular flexibility index (Phi) is 2.56. The summed E-state index contributed by atoms with van der Waals surface area (Å²) in [6.07, 6.45) is 3.23. The highest BCUT2D eigenvalue weighted by Gasteiger charge is 2.05. The number of halogens is 2. The summed E-state index contributed by atoms with van der Waals surface area (Å²) >= 11 is 11.3. The third kappa shape index (κ3) is 1.97. The van der Waals surface area contributed by atoms with Gasteiger partial charge in [-0.1, -0.05) is 11.6 Å². The maximum Gasteiger partial charge on any atom is 0.224 e. The van der Waals surface area contributed by atoms with Crippen LogP contribution in [0.15, 0.2) is 24.5 Å². The Morgan fingerprint density at radius 1 is 1.00 bits per heavy atom. The Bertz CT molecular complexity index is 426. The first-order valence-corrected chi connectivity index (χ1v) is 4.49. The molecule has 2 heterocycles. The van der Waals surface area contributed by atoms with Crippen molar-refractivity contribution < 1.29 is 0 Å². The van der Waals surface area contributed by atoms with Crippen molar-refractivity contribution in [2.24, 2.45) is 0 Å². The second-order valence-corrected chi connectivity index (χ2v) is 3.14. The van der Waals surface area contributed by atoms with Crippen molar-refractivity contribution in [3.05, 3.63) is 35.0 Å². The Labute approximate surface area is 90.0 Å². The number of rotatable bonds is 1. The monoisotopic (exact) mass is 226 g/mol. The molecule has 2 aromatic rings. The van der Waals surface area contributed by atoms with E-state index in [9.17, 15) is 0 Å². The zero-order valence-corrected chi connectivity index (χ0v) is 8.37. The van der Waals surface area contributed by atoms with Crippen molar-refractivity contribution in [1.82, 2.24) is 19.9 Å². The molecular formula is C8H4Cl2N4. The number of aromatic nitrogens is 4. The number of hydrogen-bond donors (Lipinski definition) is 0. The molecule has 0 atom stereocenters. The fourth-order valence-electron chi connectivity index (χ4n) is 0.936. The molecule has 0 spiro atoms. The molecule has 14 heavy (non-hydrogen) atoms. The Hall–Kier alpha value is -1.26. The van der Waals surface area contributed by atoms with Crippen LogP contribution in [0.3, 0.4) is 0 Å². The molecule has 0 aliphatic heterocycles. The van der Waals surface area contributed by atoms with Gasteiger partial charge in [-0.2, -0.15) is 0 Å². The van der Waals surface area contributed by atoms with Gasteiger partial charge >= 0.3 is 0 Å². The SMILES string of the molecule is Clc1cc(-c2ncccn2)nc(Cl)n1. The van der Waals surface area contributed by atoms with E-state index in [0.29, 0.717) is 11.5 Å². The van der Waals surface area contributed by atoms with Gasteiger partial charge in [-0.15, -0.1) is 0 Å². The lowest BCUT2D eigenvalue weighted by atomic mass is 10.4. The van der Waals surface area contributed by atoms with Crippen molar-refractivity contribution >= 4 is 23.2 Å². The van der Waals surface area contributed by atoms with Crippen molar-refractivity contribution in [2.75, 3.05) is 0 Å². The molecule has 0 aliphatic rings. The largest absolute Gasteiger partial charge is 0.235 e. The van der Waals surface area contributed by atoms with Crippen LogP contribution in [0.25, 0.3) is 11.5 Å². The van der Waals surface area contributed by atoms with Crippen LogP contribution < -0.4 is 0 Å². The van der Waals surface area contributed by atoms with Crippen molar-refractivity contribution in [2.45, 2.75) is 0 Å². The molecule has 0 radical (unpaired) electrons. The van der Waals surface area contributed by atoms with Gasteiger partial charge < -0.3 is 0 Å². The zero-order valence-electron chi connectivity index (χ0n) is 6.85. The van der Waals surface area contributed by atoms with E-state index in [1.165, 1.54) is 0 Å². The van der Waals surface area contributed by atoms with Gasteiger partial charge in [0.2, 0.25) is 5.28 Å². The Morgan fingerprint density at radius 2 is 1.71 bits per heavy atom. The van der Waals surface area contributed by atoms with Crippen LogP contribution in [0.5, 0.6) is 0 Å². The average Bonchev–Trinajstić information content (AvgIpc) is 2.18. The van der Waals surface area contributed by atoms with E-state index in [1.807, 2.05) is 0 Å². The topological polar surface area (TPSA) is 51.6 Å². The van der Waals surface area contributed by atoms with Crippen LogP contribution in [-0.2, 0) is 0 Å².